The van der Waals surface area contributed by atoms with Crippen molar-refractivity contribution in [3.63, 3.8) is 0 Å². The number of fused-ring (bicyclic) bond motifs is 6. The van der Waals surface area contributed by atoms with E-state index < -0.39 is 0 Å². The van der Waals surface area contributed by atoms with E-state index >= 15 is 0 Å². The van der Waals surface area contributed by atoms with Gasteiger partial charge in [0.25, 0.3) is 0 Å². The van der Waals surface area contributed by atoms with E-state index in [1.54, 1.807) is 0 Å². The summed E-state index contributed by atoms with van der Waals surface area (Å²) in [5.74, 6) is 1.76. The highest BCUT2D eigenvalue weighted by molar-refractivity contribution is 6.11. The summed E-state index contributed by atoms with van der Waals surface area (Å²) in [6.45, 7) is 0. The average molecular weight is 792 g/mol. The number of hydrogen-bond acceptors (Lipinski definition) is 3. The number of hydrogen-bond donors (Lipinski definition) is 0. The van der Waals surface area contributed by atoms with Gasteiger partial charge in [-0.25, -0.2) is 4.98 Å². The second-order valence-corrected chi connectivity index (χ2v) is 15.7. The molecule has 0 atom stereocenters. The first-order chi connectivity index (χ1) is 30.7. The summed E-state index contributed by atoms with van der Waals surface area (Å²) in [5, 5.41) is 4.69. The van der Waals surface area contributed by atoms with Crippen LogP contribution < -0.4 is 0 Å². The summed E-state index contributed by atoms with van der Waals surface area (Å²) in [5.41, 5.74) is 14.1. The molecule has 0 saturated carbocycles. The van der Waals surface area contributed by atoms with Crippen LogP contribution in [0.4, 0.5) is 0 Å². The molecule has 0 aliphatic heterocycles. The first-order valence-corrected chi connectivity index (χ1v) is 20.9. The zero-order valence-corrected chi connectivity index (χ0v) is 33.6. The predicted molar refractivity (Wildman–Crippen MR) is 256 cm³/mol. The Morgan fingerprint density at radius 1 is 0.242 bits per heavy atom. The van der Waals surface area contributed by atoms with Gasteiger partial charge in [-0.1, -0.05) is 170 Å². The minimum Gasteiger partial charge on any atom is -0.309 e. The number of nitrogens with zero attached hydrogens (tertiary/aromatic N) is 5. The summed E-state index contributed by atoms with van der Waals surface area (Å²) < 4.78 is 4.54. The highest BCUT2D eigenvalue weighted by Crippen LogP contribution is 2.38. The molecule has 0 radical (unpaired) electrons. The van der Waals surface area contributed by atoms with Crippen LogP contribution >= 0.6 is 0 Å². The van der Waals surface area contributed by atoms with Crippen molar-refractivity contribution in [3.05, 3.63) is 224 Å². The van der Waals surface area contributed by atoms with Crippen LogP contribution in [0.2, 0.25) is 0 Å². The first kappa shape index (κ1) is 35.5. The van der Waals surface area contributed by atoms with Gasteiger partial charge in [-0.05, 0) is 88.0 Å². The minimum atomic E-state index is 0.560. The molecule has 5 nitrogen and oxygen atoms in total. The Labute approximate surface area is 358 Å². The fourth-order valence-electron chi connectivity index (χ4n) is 9.04. The molecule has 5 heteroatoms. The molecule has 0 saturated heterocycles. The van der Waals surface area contributed by atoms with Gasteiger partial charge in [0.05, 0.1) is 22.1 Å². The molecular weight excluding hydrogens is 755 g/mol. The lowest BCUT2D eigenvalue weighted by Gasteiger charge is -2.13. The highest BCUT2D eigenvalue weighted by Gasteiger charge is 2.20. The SMILES string of the molecule is c1ccc(-c2cccc(-c3nc(-c4cccc(-n5c6ccccc6c6cc(-c7ccccc7)ccc65)c4)nc(-n4c5ccccc5c5cc(-c6ccccc6)ccc54)n3)c2)cc1. The van der Waals surface area contributed by atoms with Crippen LogP contribution in [0.5, 0.6) is 0 Å². The lowest BCUT2D eigenvalue weighted by atomic mass is 10.0. The highest BCUT2D eigenvalue weighted by atomic mass is 15.2. The van der Waals surface area contributed by atoms with Crippen LogP contribution in [-0.4, -0.2) is 24.1 Å². The van der Waals surface area contributed by atoms with E-state index in [1.807, 2.05) is 6.07 Å². The third-order valence-corrected chi connectivity index (χ3v) is 12.0. The molecule has 3 aromatic heterocycles. The van der Waals surface area contributed by atoms with Crippen molar-refractivity contribution in [2.45, 2.75) is 0 Å². The quantitative estimate of drug-likeness (QED) is 0.162. The van der Waals surface area contributed by atoms with E-state index in [0.717, 1.165) is 66.3 Å². The molecule has 9 aromatic carbocycles. The zero-order valence-electron chi connectivity index (χ0n) is 33.6. The largest absolute Gasteiger partial charge is 0.309 e. The van der Waals surface area contributed by atoms with E-state index in [1.165, 1.54) is 27.5 Å². The van der Waals surface area contributed by atoms with Gasteiger partial charge in [-0.15, -0.1) is 0 Å². The van der Waals surface area contributed by atoms with Crippen molar-refractivity contribution in [2.24, 2.45) is 0 Å². The summed E-state index contributed by atoms with van der Waals surface area (Å²) in [6.07, 6.45) is 0. The molecule has 12 aromatic rings. The number of benzene rings is 9. The van der Waals surface area contributed by atoms with Crippen LogP contribution in [0.25, 0.3) is 111 Å². The van der Waals surface area contributed by atoms with E-state index in [2.05, 4.69) is 228 Å². The van der Waals surface area contributed by atoms with E-state index in [4.69, 9.17) is 15.0 Å². The van der Waals surface area contributed by atoms with Crippen molar-refractivity contribution in [1.29, 1.82) is 0 Å². The van der Waals surface area contributed by atoms with Crippen molar-refractivity contribution in [2.75, 3.05) is 0 Å². The van der Waals surface area contributed by atoms with Gasteiger partial charge in [0.2, 0.25) is 5.95 Å². The molecule has 0 bridgehead atoms. The Hall–Kier alpha value is -8.41. The normalized spacial score (nSPS) is 11.5. The Morgan fingerprint density at radius 3 is 1.21 bits per heavy atom. The second kappa shape index (κ2) is 14.7. The zero-order chi connectivity index (χ0) is 41.0. The van der Waals surface area contributed by atoms with Crippen LogP contribution in [0.3, 0.4) is 0 Å². The standard InChI is InChI=1S/C57H37N5/c1-4-16-38(17-5-1)41-22-14-23-44(34-41)55-58-56(60-57(59-55)62-52-29-13-11-27-48(52)50-37-43(31-33-54(50)62)40-20-8-3-9-21-40)45-24-15-25-46(35-45)61-51-28-12-10-26-47(51)49-36-42(30-32-53(49)61)39-18-6-2-7-19-39/h1-37H. The smallest absolute Gasteiger partial charge is 0.238 e. The van der Waals surface area contributed by atoms with Gasteiger partial charge >= 0.3 is 0 Å². The molecule has 290 valence electrons. The van der Waals surface area contributed by atoms with Crippen LogP contribution in [0.15, 0.2) is 224 Å². The van der Waals surface area contributed by atoms with Crippen LogP contribution in [0.1, 0.15) is 0 Å². The van der Waals surface area contributed by atoms with Gasteiger partial charge in [0, 0.05) is 38.4 Å². The lowest BCUT2D eigenvalue weighted by molar-refractivity contribution is 0.953. The third kappa shape index (κ3) is 6.06. The van der Waals surface area contributed by atoms with E-state index in [-0.39, 0.29) is 0 Å². The topological polar surface area (TPSA) is 48.5 Å². The fraction of sp³-hybridized carbons (Fsp3) is 0. The number of rotatable bonds is 7. The molecule has 0 N–H and O–H groups in total. The Morgan fingerprint density at radius 2 is 0.645 bits per heavy atom. The monoisotopic (exact) mass is 791 g/mol. The third-order valence-electron chi connectivity index (χ3n) is 12.0. The van der Waals surface area contributed by atoms with Gasteiger partial charge < -0.3 is 4.57 Å². The van der Waals surface area contributed by atoms with Crippen LogP contribution in [0, 0.1) is 0 Å². The first-order valence-electron chi connectivity index (χ1n) is 20.9. The average Bonchev–Trinajstić information content (AvgIpc) is 3.87. The lowest BCUT2D eigenvalue weighted by Crippen LogP contribution is -2.06. The second-order valence-electron chi connectivity index (χ2n) is 15.7. The number of para-hydroxylation sites is 2. The fourth-order valence-corrected chi connectivity index (χ4v) is 9.04. The van der Waals surface area contributed by atoms with Crippen molar-refractivity contribution < 1.29 is 0 Å². The van der Waals surface area contributed by atoms with Crippen molar-refractivity contribution >= 4 is 43.6 Å². The molecule has 0 aliphatic rings. The van der Waals surface area contributed by atoms with Crippen molar-refractivity contribution in [1.82, 2.24) is 24.1 Å². The molecule has 0 unspecified atom stereocenters. The molecule has 0 aliphatic carbocycles. The maximum absolute atomic E-state index is 5.36. The predicted octanol–water partition coefficient (Wildman–Crippen LogP) is 14.4. The number of aromatic nitrogens is 5. The molecule has 0 amide bonds. The Balaban J connectivity index is 1.06. The molecule has 0 fully saturated rings. The minimum absolute atomic E-state index is 0.560. The maximum atomic E-state index is 5.36. The van der Waals surface area contributed by atoms with E-state index in [0.29, 0.717) is 17.6 Å². The summed E-state index contributed by atoms with van der Waals surface area (Å²) in [6, 6.07) is 79.3. The summed E-state index contributed by atoms with van der Waals surface area (Å²) >= 11 is 0. The molecular formula is C57H37N5. The molecule has 3 heterocycles. The molecule has 62 heavy (non-hydrogen) atoms. The van der Waals surface area contributed by atoms with Gasteiger partial charge in [0.1, 0.15) is 0 Å². The Kier molecular flexibility index (Phi) is 8.42. The maximum Gasteiger partial charge on any atom is 0.238 e. The van der Waals surface area contributed by atoms with Crippen LogP contribution in [-0.2, 0) is 0 Å². The summed E-state index contributed by atoms with van der Waals surface area (Å²) in [7, 11) is 0. The summed E-state index contributed by atoms with van der Waals surface area (Å²) in [4.78, 5) is 15.9. The Bertz CT molecular complexity index is 3620. The van der Waals surface area contributed by atoms with Crippen molar-refractivity contribution in [3.8, 4) is 67.8 Å². The van der Waals surface area contributed by atoms with Gasteiger partial charge in [-0.3, -0.25) is 4.57 Å². The van der Waals surface area contributed by atoms with E-state index in [9.17, 15) is 0 Å². The van der Waals surface area contributed by atoms with Gasteiger partial charge in [-0.2, -0.15) is 9.97 Å². The molecule has 12 rings (SSSR count). The molecule has 0 spiro atoms. The van der Waals surface area contributed by atoms with Gasteiger partial charge in [0.15, 0.2) is 11.6 Å².